The van der Waals surface area contributed by atoms with Gasteiger partial charge in [0.1, 0.15) is 6.10 Å². The molecule has 98 valence electrons. The summed E-state index contributed by atoms with van der Waals surface area (Å²) < 4.78 is 11.2. The third kappa shape index (κ3) is 1.80. The molecule has 0 amide bonds. The maximum absolute atomic E-state index is 10.3. The van der Waals surface area contributed by atoms with Crippen LogP contribution in [0.4, 0.5) is 0 Å². The van der Waals surface area contributed by atoms with Gasteiger partial charge in [-0.2, -0.15) is 0 Å². The van der Waals surface area contributed by atoms with E-state index in [0.29, 0.717) is 6.61 Å². The first-order chi connectivity index (χ1) is 8.22. The smallest absolute Gasteiger partial charge is 0.176 e. The predicted octanol–water partition coefficient (Wildman–Crippen LogP) is -1.74. The highest BCUT2D eigenvalue weighted by Crippen LogP contribution is 2.33. The minimum atomic E-state index is -0.645. The molecule has 0 saturated carbocycles. The fraction of sp³-hybridized carbons (Fsp3) is 1.00. The average Bonchev–Trinajstić information content (AvgIpc) is 2.95. The molecule has 4 N–H and O–H groups in total. The van der Waals surface area contributed by atoms with Crippen molar-refractivity contribution in [2.45, 2.75) is 49.5 Å². The fourth-order valence-electron chi connectivity index (χ4n) is 3.23. The summed E-state index contributed by atoms with van der Waals surface area (Å²) in [5.74, 6) is 0. The summed E-state index contributed by atoms with van der Waals surface area (Å²) in [7, 11) is 0. The first-order valence-electron chi connectivity index (χ1n) is 6.29. The van der Waals surface area contributed by atoms with Crippen LogP contribution in [-0.4, -0.2) is 71.5 Å². The molecule has 0 radical (unpaired) electrons. The first-order valence-corrected chi connectivity index (χ1v) is 6.29. The maximum Gasteiger partial charge on any atom is 0.176 e. The summed E-state index contributed by atoms with van der Waals surface area (Å²) in [4.78, 5) is 2.09. The van der Waals surface area contributed by atoms with E-state index in [0.717, 1.165) is 19.4 Å². The van der Waals surface area contributed by atoms with E-state index in [1.165, 1.54) is 0 Å². The van der Waals surface area contributed by atoms with Gasteiger partial charge in [0.05, 0.1) is 31.4 Å². The number of hydrogen-bond acceptors (Lipinski definition) is 6. The molecule has 6 heteroatoms. The number of likely N-dealkylation sites (tertiary alicyclic amines) is 1. The van der Waals surface area contributed by atoms with Gasteiger partial charge >= 0.3 is 0 Å². The van der Waals surface area contributed by atoms with Crippen molar-refractivity contribution in [2.75, 3.05) is 19.8 Å². The minimum Gasteiger partial charge on any atom is -0.395 e. The van der Waals surface area contributed by atoms with Gasteiger partial charge in [0.25, 0.3) is 0 Å². The first kappa shape index (κ1) is 11.8. The summed E-state index contributed by atoms with van der Waals surface area (Å²) in [6.07, 6.45) is 0.738. The van der Waals surface area contributed by atoms with Crippen molar-refractivity contribution in [1.82, 2.24) is 4.90 Å². The zero-order chi connectivity index (χ0) is 12.0. The van der Waals surface area contributed by atoms with Crippen molar-refractivity contribution in [2.24, 2.45) is 5.73 Å². The average molecular weight is 244 g/mol. The minimum absolute atomic E-state index is 0.0891. The van der Waals surface area contributed by atoms with Crippen LogP contribution in [0, 0.1) is 0 Å². The lowest BCUT2D eigenvalue weighted by atomic mass is 9.95. The Morgan fingerprint density at radius 1 is 1.41 bits per heavy atom. The highest BCUT2D eigenvalue weighted by Gasteiger charge is 2.52. The largest absolute Gasteiger partial charge is 0.395 e. The number of hydrogen-bond donors (Lipinski definition) is 3. The summed E-state index contributed by atoms with van der Waals surface area (Å²) in [6, 6.07) is -0.562. The Labute approximate surface area is 100 Å². The zero-order valence-electron chi connectivity index (χ0n) is 9.74. The van der Waals surface area contributed by atoms with E-state index < -0.39 is 18.4 Å². The zero-order valence-corrected chi connectivity index (χ0v) is 9.74. The molecule has 0 aromatic heterocycles. The molecule has 3 aliphatic heterocycles. The monoisotopic (exact) mass is 244 g/mol. The normalized spacial score (nSPS) is 51.0. The molecule has 2 bridgehead atoms. The SMILES string of the molecule is NC1C2COC(O2)C(N2CCCC2CO)C1O. The van der Waals surface area contributed by atoms with Gasteiger partial charge in [-0.15, -0.1) is 0 Å². The highest BCUT2D eigenvalue weighted by atomic mass is 16.7. The van der Waals surface area contributed by atoms with Gasteiger partial charge in [0.15, 0.2) is 6.29 Å². The molecule has 3 heterocycles. The summed E-state index contributed by atoms with van der Waals surface area (Å²) in [5, 5.41) is 19.6. The van der Waals surface area contributed by atoms with Crippen LogP contribution >= 0.6 is 0 Å². The molecule has 6 atom stereocenters. The Morgan fingerprint density at radius 2 is 2.24 bits per heavy atom. The Balaban J connectivity index is 1.80. The van der Waals surface area contributed by atoms with E-state index in [1.54, 1.807) is 0 Å². The maximum atomic E-state index is 10.3. The van der Waals surface area contributed by atoms with E-state index >= 15 is 0 Å². The molecule has 3 saturated heterocycles. The second-order valence-electron chi connectivity index (χ2n) is 5.15. The lowest BCUT2D eigenvalue weighted by molar-refractivity contribution is -0.181. The lowest BCUT2D eigenvalue weighted by Crippen LogP contribution is -2.64. The van der Waals surface area contributed by atoms with E-state index in [4.69, 9.17) is 15.2 Å². The molecule has 3 fully saturated rings. The Bertz CT molecular complexity index is 291. The number of nitrogens with zero attached hydrogens (tertiary/aromatic N) is 1. The van der Waals surface area contributed by atoms with E-state index in [9.17, 15) is 10.2 Å². The number of fused-ring (bicyclic) bond motifs is 2. The van der Waals surface area contributed by atoms with Crippen LogP contribution in [-0.2, 0) is 9.47 Å². The van der Waals surface area contributed by atoms with Crippen molar-refractivity contribution in [3.63, 3.8) is 0 Å². The summed E-state index contributed by atoms with van der Waals surface area (Å²) >= 11 is 0. The Hall–Kier alpha value is -0.240. The van der Waals surface area contributed by atoms with Crippen molar-refractivity contribution in [1.29, 1.82) is 0 Å². The molecule has 0 aromatic rings. The van der Waals surface area contributed by atoms with Crippen LogP contribution in [0.25, 0.3) is 0 Å². The van der Waals surface area contributed by atoms with Gasteiger partial charge in [-0.25, -0.2) is 0 Å². The molecular weight excluding hydrogens is 224 g/mol. The number of aliphatic hydroxyl groups is 2. The standard InChI is InChI=1S/C11H20N2O4/c12-8-7-5-16-11(17-7)9(10(8)15)13-3-1-2-6(13)4-14/h6-11,14-15H,1-5,12H2. The van der Waals surface area contributed by atoms with Gasteiger partial charge in [-0.3, -0.25) is 4.90 Å². The van der Waals surface area contributed by atoms with Crippen LogP contribution in [0.15, 0.2) is 0 Å². The molecule has 6 unspecified atom stereocenters. The van der Waals surface area contributed by atoms with Gasteiger partial charge in [0.2, 0.25) is 0 Å². The quantitative estimate of drug-likeness (QED) is 0.534. The number of nitrogens with two attached hydrogens (primary N) is 1. The number of ether oxygens (including phenoxy) is 2. The van der Waals surface area contributed by atoms with Crippen LogP contribution in [0.2, 0.25) is 0 Å². The predicted molar refractivity (Wildman–Crippen MR) is 59.2 cm³/mol. The Morgan fingerprint density at radius 3 is 3.00 bits per heavy atom. The van der Waals surface area contributed by atoms with Crippen LogP contribution in [0.5, 0.6) is 0 Å². The molecule has 3 rings (SSSR count). The van der Waals surface area contributed by atoms with Crippen molar-refractivity contribution in [3.05, 3.63) is 0 Å². The van der Waals surface area contributed by atoms with Crippen LogP contribution in [0.1, 0.15) is 12.8 Å². The van der Waals surface area contributed by atoms with Gasteiger partial charge in [-0.1, -0.05) is 0 Å². The van der Waals surface area contributed by atoms with Crippen molar-refractivity contribution >= 4 is 0 Å². The van der Waals surface area contributed by atoms with Crippen molar-refractivity contribution < 1.29 is 19.7 Å². The number of rotatable bonds is 2. The molecule has 17 heavy (non-hydrogen) atoms. The summed E-state index contributed by atoms with van der Waals surface area (Å²) in [5.41, 5.74) is 5.96. The fourth-order valence-corrected chi connectivity index (χ4v) is 3.23. The van der Waals surface area contributed by atoms with Gasteiger partial charge in [-0.05, 0) is 19.4 Å². The van der Waals surface area contributed by atoms with Crippen LogP contribution in [0.3, 0.4) is 0 Å². The lowest BCUT2D eigenvalue weighted by Gasteiger charge is -2.43. The molecule has 3 aliphatic rings. The van der Waals surface area contributed by atoms with Crippen molar-refractivity contribution in [3.8, 4) is 0 Å². The Kier molecular flexibility index (Phi) is 3.10. The van der Waals surface area contributed by atoms with E-state index in [2.05, 4.69) is 4.90 Å². The van der Waals surface area contributed by atoms with Gasteiger partial charge in [0, 0.05) is 6.04 Å². The third-order valence-corrected chi connectivity index (χ3v) is 4.20. The van der Waals surface area contributed by atoms with Crippen LogP contribution < -0.4 is 5.73 Å². The third-order valence-electron chi connectivity index (χ3n) is 4.20. The summed E-state index contributed by atoms with van der Waals surface area (Å²) in [6.45, 7) is 1.42. The van der Waals surface area contributed by atoms with Gasteiger partial charge < -0.3 is 25.4 Å². The molecule has 0 aromatic carbocycles. The molecule has 0 aliphatic carbocycles. The molecule has 0 spiro atoms. The molecular formula is C11H20N2O4. The highest BCUT2D eigenvalue weighted by molar-refractivity contribution is 5.02. The second kappa shape index (κ2) is 4.46. The number of aliphatic hydroxyl groups excluding tert-OH is 2. The topological polar surface area (TPSA) is 88.2 Å². The second-order valence-corrected chi connectivity index (χ2v) is 5.15. The molecule has 6 nitrogen and oxygen atoms in total. The van der Waals surface area contributed by atoms with E-state index in [-0.39, 0.29) is 24.8 Å². The van der Waals surface area contributed by atoms with E-state index in [1.807, 2.05) is 0 Å².